The molecule has 0 amide bonds. The van der Waals surface area contributed by atoms with E-state index in [1.54, 1.807) is 0 Å². The number of rotatable bonds is 0. The zero-order valence-electron chi connectivity index (χ0n) is 5.03. The van der Waals surface area contributed by atoms with Crippen molar-refractivity contribution in [3.8, 4) is 0 Å². The average molecular weight is 161 g/mol. The second-order valence-electron chi connectivity index (χ2n) is 0.743. The summed E-state index contributed by atoms with van der Waals surface area (Å²) in [5.41, 5.74) is 0. The molecule has 0 aromatic rings. The van der Waals surface area contributed by atoms with Crippen molar-refractivity contribution in [3.05, 3.63) is 15.3 Å². The molecule has 0 aliphatic rings. The summed E-state index contributed by atoms with van der Waals surface area (Å²) in [7, 11) is 0. The summed E-state index contributed by atoms with van der Waals surface area (Å²) in [6.07, 6.45) is 0. The molecule has 7 heteroatoms. The van der Waals surface area contributed by atoms with Crippen LogP contribution < -0.4 is 51.4 Å². The van der Waals surface area contributed by atoms with Gasteiger partial charge in [0.15, 0.2) is 0 Å². The van der Waals surface area contributed by atoms with Gasteiger partial charge >= 0.3 is 51.4 Å². The van der Waals surface area contributed by atoms with Gasteiger partial charge in [-0.2, -0.15) is 0 Å². The summed E-state index contributed by atoms with van der Waals surface area (Å²) in [6, 6.07) is 0. The van der Waals surface area contributed by atoms with E-state index in [4.69, 9.17) is 25.2 Å². The first-order valence-corrected chi connectivity index (χ1v) is 1.48. The van der Waals surface area contributed by atoms with Crippen LogP contribution in [-0.4, -0.2) is 16.2 Å². The number of aliphatic carboxylic acids is 1. The second-order valence-corrected chi connectivity index (χ2v) is 0.743. The van der Waals surface area contributed by atoms with E-state index in [0.717, 1.165) is 6.92 Å². The molecule has 48 valence electrons. The predicted octanol–water partition coefficient (Wildman–Crippen LogP) is -3.14. The average Bonchev–Trinajstić information content (AvgIpc) is 1.25. The maximum absolute atomic E-state index is 9.00. The van der Waals surface area contributed by atoms with Gasteiger partial charge in [0.05, 0.1) is 5.09 Å². The van der Waals surface area contributed by atoms with E-state index in [1.807, 2.05) is 0 Å². The van der Waals surface area contributed by atoms with Crippen molar-refractivity contribution >= 4 is 5.97 Å². The maximum Gasteiger partial charge on any atom is 1.00 e. The third kappa shape index (κ3) is 3520. The van der Waals surface area contributed by atoms with Crippen molar-refractivity contribution in [2.45, 2.75) is 6.92 Å². The van der Waals surface area contributed by atoms with Crippen LogP contribution in [0.4, 0.5) is 0 Å². The van der Waals surface area contributed by atoms with Crippen LogP contribution in [0.2, 0.25) is 0 Å². The summed E-state index contributed by atoms with van der Waals surface area (Å²) in [4.78, 5) is 17.2. The second kappa shape index (κ2) is 11.1. The first-order chi connectivity index (χ1) is 3.46. The van der Waals surface area contributed by atoms with Crippen LogP contribution >= 0.6 is 0 Å². The molecule has 0 aliphatic heterocycles. The Balaban J connectivity index is -0.0000000720. The van der Waals surface area contributed by atoms with E-state index in [9.17, 15) is 0 Å². The van der Waals surface area contributed by atoms with Crippen molar-refractivity contribution in [3.63, 3.8) is 0 Å². The zero-order chi connectivity index (χ0) is 7.15. The Labute approximate surface area is 93.4 Å². The monoisotopic (exact) mass is 161 g/mol. The Hall–Kier alpha value is 0.306. The molecule has 0 atom stereocenters. The van der Waals surface area contributed by atoms with Crippen molar-refractivity contribution in [1.82, 2.24) is 0 Å². The molecule has 0 rings (SSSR count). The number of nitrogens with zero attached hydrogens (tertiary/aromatic N) is 1. The summed E-state index contributed by atoms with van der Waals surface area (Å²) < 4.78 is 0. The molecule has 0 unspecified atom stereocenters. The molecule has 0 spiro atoms. The summed E-state index contributed by atoms with van der Waals surface area (Å²) in [5.74, 6) is -0.833. The minimum atomic E-state index is -1.75. The van der Waals surface area contributed by atoms with Gasteiger partial charge in [-0.15, -0.1) is 0 Å². The van der Waals surface area contributed by atoms with Gasteiger partial charge in [0.1, 0.15) is 0 Å². The van der Waals surface area contributed by atoms with Gasteiger partial charge in [-0.3, -0.25) is 4.79 Å². The molecule has 1 N–H and O–H groups in total. The molecule has 0 aromatic carbocycles. The molecule has 0 bridgehead atoms. The fourth-order valence-corrected chi connectivity index (χ4v) is 0. The fraction of sp³-hybridized carbons (Fsp3) is 0.500. The predicted molar refractivity (Wildman–Crippen MR) is 23.7 cm³/mol. The van der Waals surface area contributed by atoms with Gasteiger partial charge in [-0.25, -0.2) is 0 Å². The van der Waals surface area contributed by atoms with Crippen LogP contribution in [0.5, 0.6) is 0 Å². The van der Waals surface area contributed by atoms with Gasteiger partial charge < -0.3 is 20.4 Å². The SMILES string of the molecule is CC(=O)O.O=[N+]([O-])[O-].[K+]. The molecule has 0 aliphatic carbocycles. The Bertz CT molecular complexity index is 73.0. The number of carboxylic acids is 1. The number of hydrogen-bond donors (Lipinski definition) is 1. The van der Waals surface area contributed by atoms with E-state index >= 15 is 0 Å². The number of carbonyl (C=O) groups is 1. The van der Waals surface area contributed by atoms with E-state index in [0.29, 0.717) is 0 Å². The smallest absolute Gasteiger partial charge is 0.481 e. The number of carboxylic acid groups (broad SMARTS) is 1. The van der Waals surface area contributed by atoms with E-state index in [2.05, 4.69) is 0 Å². The fourth-order valence-electron chi connectivity index (χ4n) is 0. The van der Waals surface area contributed by atoms with Gasteiger partial charge in [0.25, 0.3) is 5.97 Å². The van der Waals surface area contributed by atoms with Crippen molar-refractivity contribution in [2.24, 2.45) is 0 Å². The van der Waals surface area contributed by atoms with Crippen LogP contribution in [0.3, 0.4) is 0 Å². The van der Waals surface area contributed by atoms with Gasteiger partial charge in [-0.05, 0) is 0 Å². The maximum atomic E-state index is 9.00. The minimum Gasteiger partial charge on any atom is -0.481 e. The topological polar surface area (TPSA) is 104 Å². The standard InChI is InChI=1S/C2H4O2.K.NO3/c1-2(3)4;;2-1(3)4/h1H3,(H,3,4);;/q;+1;-1. The molecule has 0 saturated carbocycles. The Kier molecular flexibility index (Phi) is 20.0. The van der Waals surface area contributed by atoms with Crippen molar-refractivity contribution in [1.29, 1.82) is 0 Å². The quantitative estimate of drug-likeness (QED) is 0.229. The van der Waals surface area contributed by atoms with Crippen molar-refractivity contribution < 1.29 is 66.4 Å². The summed E-state index contributed by atoms with van der Waals surface area (Å²) in [5, 5.41) is 22.2. The third-order valence-corrected chi connectivity index (χ3v) is 0. The molecule has 0 radical (unpaired) electrons. The van der Waals surface area contributed by atoms with Gasteiger partial charge in [0.2, 0.25) is 0 Å². The van der Waals surface area contributed by atoms with Crippen LogP contribution in [0.25, 0.3) is 0 Å². The number of hydrogen-bond acceptors (Lipinski definition) is 4. The normalized spacial score (nSPS) is 5.44. The zero-order valence-corrected chi connectivity index (χ0v) is 8.15. The van der Waals surface area contributed by atoms with E-state index < -0.39 is 11.1 Å². The third-order valence-electron chi connectivity index (χ3n) is 0. The molecule has 0 fully saturated rings. The summed E-state index contributed by atoms with van der Waals surface area (Å²) >= 11 is 0. The van der Waals surface area contributed by atoms with Crippen molar-refractivity contribution in [2.75, 3.05) is 0 Å². The Morgan fingerprint density at radius 1 is 1.56 bits per heavy atom. The van der Waals surface area contributed by atoms with Gasteiger partial charge in [-0.1, -0.05) is 0 Å². The molecular weight excluding hydrogens is 157 g/mol. The largest absolute Gasteiger partial charge is 1.00 e. The molecule has 9 heavy (non-hydrogen) atoms. The molecule has 6 nitrogen and oxygen atoms in total. The van der Waals surface area contributed by atoms with Gasteiger partial charge in [0, 0.05) is 6.92 Å². The molecule has 0 saturated heterocycles. The van der Waals surface area contributed by atoms with Crippen LogP contribution in [0.1, 0.15) is 6.92 Å². The molecule has 0 aromatic heterocycles. The van der Waals surface area contributed by atoms with Crippen LogP contribution in [-0.2, 0) is 4.79 Å². The first-order valence-electron chi connectivity index (χ1n) is 1.48. The van der Waals surface area contributed by atoms with E-state index in [-0.39, 0.29) is 51.4 Å². The molecule has 0 heterocycles. The van der Waals surface area contributed by atoms with Crippen LogP contribution in [0, 0.1) is 15.3 Å². The Morgan fingerprint density at radius 2 is 1.56 bits per heavy atom. The summed E-state index contributed by atoms with van der Waals surface area (Å²) in [6.45, 7) is 1.08. The van der Waals surface area contributed by atoms with Crippen LogP contribution in [0.15, 0.2) is 0 Å². The first kappa shape index (κ1) is 16.1. The van der Waals surface area contributed by atoms with E-state index in [1.165, 1.54) is 0 Å². The minimum absolute atomic E-state index is 0. The molecular formula is C2H4KNO5. The Morgan fingerprint density at radius 3 is 1.56 bits per heavy atom.